The first-order chi connectivity index (χ1) is 8.27. The average Bonchev–Trinajstić information content (AvgIpc) is 2.38. The van der Waals surface area contributed by atoms with Gasteiger partial charge in [0.25, 0.3) is 0 Å². The lowest BCUT2D eigenvalue weighted by atomic mass is 9.90. The minimum Gasteiger partial charge on any atom is -0.478 e. The van der Waals surface area contributed by atoms with E-state index in [9.17, 15) is 4.79 Å². The van der Waals surface area contributed by atoms with Gasteiger partial charge in [-0.15, -0.1) is 0 Å². The zero-order chi connectivity index (χ0) is 12.1. The first kappa shape index (κ1) is 11.9. The lowest BCUT2D eigenvalue weighted by Crippen LogP contribution is -2.16. The summed E-state index contributed by atoms with van der Waals surface area (Å²) >= 11 is 0. The monoisotopic (exact) mass is 232 g/mol. The Morgan fingerprint density at radius 3 is 2.94 bits per heavy atom. The second-order valence-electron chi connectivity index (χ2n) is 4.21. The number of rotatable bonds is 3. The Morgan fingerprint density at radius 1 is 1.41 bits per heavy atom. The molecular formula is C14H16O3. The molecule has 3 nitrogen and oxygen atoms in total. The van der Waals surface area contributed by atoms with Crippen molar-refractivity contribution >= 4 is 12.0 Å². The molecule has 0 aliphatic carbocycles. The highest BCUT2D eigenvalue weighted by Crippen LogP contribution is 2.28. The Balaban J connectivity index is 2.23. The van der Waals surface area contributed by atoms with Crippen molar-refractivity contribution in [3.63, 3.8) is 0 Å². The van der Waals surface area contributed by atoms with Gasteiger partial charge in [-0.3, -0.25) is 0 Å². The molecule has 1 unspecified atom stereocenters. The lowest BCUT2D eigenvalue weighted by molar-refractivity contribution is -0.131. The van der Waals surface area contributed by atoms with Gasteiger partial charge in [0.2, 0.25) is 0 Å². The van der Waals surface area contributed by atoms with Crippen molar-refractivity contribution in [1.29, 1.82) is 0 Å². The molecule has 1 aliphatic rings. The van der Waals surface area contributed by atoms with Crippen molar-refractivity contribution in [2.75, 3.05) is 13.2 Å². The van der Waals surface area contributed by atoms with Crippen LogP contribution >= 0.6 is 0 Å². The summed E-state index contributed by atoms with van der Waals surface area (Å²) in [6.07, 6.45) is 5.02. The number of ether oxygens (including phenoxy) is 1. The molecule has 1 heterocycles. The molecule has 2 rings (SSSR count). The number of carbonyl (C=O) groups is 1. The first-order valence-corrected chi connectivity index (χ1v) is 5.85. The topological polar surface area (TPSA) is 46.5 Å². The van der Waals surface area contributed by atoms with E-state index in [1.165, 1.54) is 11.6 Å². The van der Waals surface area contributed by atoms with Gasteiger partial charge in [0.05, 0.1) is 6.61 Å². The molecule has 0 bridgehead atoms. The van der Waals surface area contributed by atoms with E-state index in [-0.39, 0.29) is 0 Å². The second-order valence-corrected chi connectivity index (χ2v) is 4.21. The summed E-state index contributed by atoms with van der Waals surface area (Å²) < 4.78 is 5.48. The minimum atomic E-state index is -0.917. The van der Waals surface area contributed by atoms with Crippen molar-refractivity contribution in [1.82, 2.24) is 0 Å². The molecule has 90 valence electrons. The number of benzene rings is 1. The van der Waals surface area contributed by atoms with Gasteiger partial charge in [0.15, 0.2) is 0 Å². The third-order valence-corrected chi connectivity index (χ3v) is 3.00. The fourth-order valence-electron chi connectivity index (χ4n) is 2.18. The van der Waals surface area contributed by atoms with Crippen LogP contribution in [0.3, 0.4) is 0 Å². The lowest BCUT2D eigenvalue weighted by Gasteiger charge is -2.23. The normalized spacial score (nSPS) is 20.6. The smallest absolute Gasteiger partial charge is 0.328 e. The van der Waals surface area contributed by atoms with Crippen LogP contribution in [0.4, 0.5) is 0 Å². The number of carboxylic acids is 1. The van der Waals surface area contributed by atoms with Gasteiger partial charge in [-0.1, -0.05) is 24.3 Å². The van der Waals surface area contributed by atoms with Crippen LogP contribution in [-0.4, -0.2) is 24.3 Å². The fraction of sp³-hybridized carbons (Fsp3) is 0.357. The Labute approximate surface area is 101 Å². The quantitative estimate of drug-likeness (QED) is 0.815. The molecule has 1 aliphatic heterocycles. The van der Waals surface area contributed by atoms with Crippen LogP contribution < -0.4 is 0 Å². The summed E-state index contributed by atoms with van der Waals surface area (Å²) in [5.41, 5.74) is 2.16. The van der Waals surface area contributed by atoms with Crippen molar-refractivity contribution in [3.8, 4) is 0 Å². The maximum absolute atomic E-state index is 10.5. The summed E-state index contributed by atoms with van der Waals surface area (Å²) in [6, 6.07) is 7.92. The summed E-state index contributed by atoms with van der Waals surface area (Å²) in [4.78, 5) is 10.5. The van der Waals surface area contributed by atoms with Crippen molar-refractivity contribution in [3.05, 3.63) is 41.5 Å². The van der Waals surface area contributed by atoms with Gasteiger partial charge in [0, 0.05) is 18.6 Å². The molecule has 1 saturated heterocycles. The maximum Gasteiger partial charge on any atom is 0.328 e. The zero-order valence-corrected chi connectivity index (χ0v) is 9.63. The van der Waals surface area contributed by atoms with E-state index in [0.717, 1.165) is 31.6 Å². The predicted octanol–water partition coefficient (Wildman–Crippen LogP) is 2.68. The van der Waals surface area contributed by atoms with Gasteiger partial charge in [-0.25, -0.2) is 4.79 Å². The molecule has 0 amide bonds. The van der Waals surface area contributed by atoms with Crippen LogP contribution in [0.5, 0.6) is 0 Å². The second kappa shape index (κ2) is 5.64. The molecule has 0 aromatic heterocycles. The van der Waals surface area contributed by atoms with Crippen LogP contribution in [0, 0.1) is 0 Å². The van der Waals surface area contributed by atoms with Crippen LogP contribution in [0.15, 0.2) is 30.3 Å². The van der Waals surface area contributed by atoms with E-state index in [4.69, 9.17) is 9.84 Å². The molecular weight excluding hydrogens is 216 g/mol. The van der Waals surface area contributed by atoms with Crippen LogP contribution in [0.25, 0.3) is 6.08 Å². The molecule has 1 aromatic carbocycles. The number of aliphatic carboxylic acids is 1. The zero-order valence-electron chi connectivity index (χ0n) is 9.63. The summed E-state index contributed by atoms with van der Waals surface area (Å²) in [7, 11) is 0. The van der Waals surface area contributed by atoms with E-state index < -0.39 is 5.97 Å². The third kappa shape index (κ3) is 3.17. The fourth-order valence-corrected chi connectivity index (χ4v) is 2.18. The Bertz CT molecular complexity index is 417. The van der Waals surface area contributed by atoms with E-state index in [0.29, 0.717) is 5.92 Å². The van der Waals surface area contributed by atoms with Gasteiger partial charge in [0.1, 0.15) is 0 Å². The Hall–Kier alpha value is -1.61. The highest BCUT2D eigenvalue weighted by atomic mass is 16.5. The van der Waals surface area contributed by atoms with Crippen LogP contribution in [0.2, 0.25) is 0 Å². The minimum absolute atomic E-state index is 0.387. The number of hydrogen-bond donors (Lipinski definition) is 1. The van der Waals surface area contributed by atoms with E-state index >= 15 is 0 Å². The van der Waals surface area contributed by atoms with Crippen LogP contribution in [0.1, 0.15) is 29.9 Å². The number of hydrogen-bond acceptors (Lipinski definition) is 2. The predicted molar refractivity (Wildman–Crippen MR) is 65.9 cm³/mol. The summed E-state index contributed by atoms with van der Waals surface area (Å²) in [5, 5.41) is 8.66. The molecule has 1 aromatic rings. The SMILES string of the molecule is O=C(O)/C=C/c1ccccc1C1CCCOC1. The standard InChI is InChI=1S/C14H16O3/c15-14(16)8-7-11-4-1-2-6-13(11)12-5-3-9-17-10-12/h1-2,4,6-8,12H,3,5,9-10H2,(H,15,16)/b8-7+. The van der Waals surface area contributed by atoms with E-state index in [1.54, 1.807) is 6.08 Å². The molecule has 1 atom stereocenters. The largest absolute Gasteiger partial charge is 0.478 e. The summed E-state index contributed by atoms with van der Waals surface area (Å²) in [5.74, 6) is -0.530. The van der Waals surface area contributed by atoms with Gasteiger partial charge < -0.3 is 9.84 Å². The molecule has 1 N–H and O–H groups in total. The molecule has 0 spiro atoms. The van der Waals surface area contributed by atoms with Crippen LogP contribution in [-0.2, 0) is 9.53 Å². The van der Waals surface area contributed by atoms with Crippen molar-refractivity contribution in [2.45, 2.75) is 18.8 Å². The van der Waals surface area contributed by atoms with Gasteiger partial charge in [-0.05, 0) is 30.0 Å². The molecule has 0 saturated carbocycles. The Morgan fingerprint density at radius 2 is 2.24 bits per heavy atom. The maximum atomic E-state index is 10.5. The molecule has 0 radical (unpaired) electrons. The molecule has 1 fully saturated rings. The van der Waals surface area contributed by atoms with Crippen molar-refractivity contribution in [2.24, 2.45) is 0 Å². The third-order valence-electron chi connectivity index (χ3n) is 3.00. The average molecular weight is 232 g/mol. The molecule has 3 heteroatoms. The summed E-state index contributed by atoms with van der Waals surface area (Å²) in [6.45, 7) is 1.57. The van der Waals surface area contributed by atoms with Gasteiger partial charge in [-0.2, -0.15) is 0 Å². The van der Waals surface area contributed by atoms with E-state index in [2.05, 4.69) is 6.07 Å². The van der Waals surface area contributed by atoms with Gasteiger partial charge >= 0.3 is 5.97 Å². The van der Waals surface area contributed by atoms with Crippen molar-refractivity contribution < 1.29 is 14.6 Å². The number of carboxylic acid groups (broad SMARTS) is 1. The highest BCUT2D eigenvalue weighted by Gasteiger charge is 2.17. The highest BCUT2D eigenvalue weighted by molar-refractivity contribution is 5.85. The van der Waals surface area contributed by atoms with E-state index in [1.807, 2.05) is 18.2 Å². The first-order valence-electron chi connectivity index (χ1n) is 5.85. The molecule has 17 heavy (non-hydrogen) atoms. The Kier molecular flexibility index (Phi) is 3.94.